The molecule has 10 heteroatoms. The molecule has 134 valence electrons. The second-order valence-electron chi connectivity index (χ2n) is 5.56. The Bertz CT molecular complexity index is 616. The third-order valence-electron chi connectivity index (χ3n) is 3.70. The van der Waals surface area contributed by atoms with Crippen LogP contribution in [0.25, 0.3) is 0 Å². The van der Waals surface area contributed by atoms with Crippen molar-refractivity contribution in [1.29, 1.82) is 0 Å². The molecule has 1 aromatic carbocycles. The van der Waals surface area contributed by atoms with Crippen LogP contribution < -0.4 is 10.5 Å². The van der Waals surface area contributed by atoms with Gasteiger partial charge in [0.05, 0.1) is 5.54 Å². The Hall–Kier alpha value is -1.97. The first-order valence-corrected chi connectivity index (χ1v) is 6.92. The van der Waals surface area contributed by atoms with E-state index in [1.165, 1.54) is 12.1 Å². The minimum absolute atomic E-state index is 0.115. The molecule has 1 saturated heterocycles. The lowest BCUT2D eigenvalue weighted by atomic mass is 9.83. The van der Waals surface area contributed by atoms with Gasteiger partial charge in [-0.25, -0.2) is 0 Å². The number of nitrogens with zero attached hydrogens (tertiary/aromatic N) is 1. The molecular weight excluding hydrogens is 342 g/mol. The van der Waals surface area contributed by atoms with Gasteiger partial charge in [-0.15, -0.1) is 13.2 Å². The van der Waals surface area contributed by atoms with E-state index in [9.17, 15) is 31.1 Å². The summed E-state index contributed by atoms with van der Waals surface area (Å²) in [5.74, 6) is -2.54. The van der Waals surface area contributed by atoms with Crippen molar-refractivity contribution in [3.05, 3.63) is 29.8 Å². The molecule has 24 heavy (non-hydrogen) atoms. The minimum Gasteiger partial charge on any atom is -0.406 e. The van der Waals surface area contributed by atoms with Crippen molar-refractivity contribution in [3.63, 3.8) is 0 Å². The maximum Gasteiger partial charge on any atom is 0.573 e. The van der Waals surface area contributed by atoms with Crippen molar-refractivity contribution in [1.82, 2.24) is 4.90 Å². The normalized spacial score (nSPS) is 22.4. The molecule has 0 saturated carbocycles. The summed E-state index contributed by atoms with van der Waals surface area (Å²) in [4.78, 5) is 11.9. The molecule has 1 aliphatic heterocycles. The third kappa shape index (κ3) is 4.31. The quantitative estimate of drug-likeness (QED) is 0.829. The van der Waals surface area contributed by atoms with Gasteiger partial charge in [0, 0.05) is 13.1 Å². The van der Waals surface area contributed by atoms with E-state index >= 15 is 0 Å². The largest absolute Gasteiger partial charge is 0.573 e. The van der Waals surface area contributed by atoms with E-state index in [1.807, 2.05) is 0 Å². The number of alkyl halides is 6. The molecule has 0 bridgehead atoms. The molecule has 4 nitrogen and oxygen atoms in total. The highest BCUT2D eigenvalue weighted by atomic mass is 19.4. The summed E-state index contributed by atoms with van der Waals surface area (Å²) in [6.07, 6.45) is -9.50. The van der Waals surface area contributed by atoms with Gasteiger partial charge in [-0.05, 0) is 30.5 Å². The fourth-order valence-corrected chi connectivity index (χ4v) is 2.68. The number of rotatable bonds is 2. The fourth-order valence-electron chi connectivity index (χ4n) is 2.68. The van der Waals surface area contributed by atoms with Gasteiger partial charge in [0.25, 0.3) is 0 Å². The summed E-state index contributed by atoms with van der Waals surface area (Å²) >= 11 is 0. The van der Waals surface area contributed by atoms with Crippen molar-refractivity contribution in [2.24, 2.45) is 5.73 Å². The molecular formula is C14H14F6N2O2. The highest BCUT2D eigenvalue weighted by Crippen LogP contribution is 2.34. The topological polar surface area (TPSA) is 55.6 Å². The Labute approximate surface area is 133 Å². The van der Waals surface area contributed by atoms with E-state index in [1.54, 1.807) is 0 Å². The number of benzene rings is 1. The highest BCUT2D eigenvalue weighted by Gasteiger charge is 2.46. The van der Waals surface area contributed by atoms with Gasteiger partial charge in [0.15, 0.2) is 0 Å². The number of hydrogen-bond donors (Lipinski definition) is 1. The maximum absolute atomic E-state index is 12.6. The first kappa shape index (κ1) is 18.4. The first-order valence-electron chi connectivity index (χ1n) is 6.92. The third-order valence-corrected chi connectivity index (χ3v) is 3.70. The highest BCUT2D eigenvalue weighted by molar-refractivity contribution is 5.82. The van der Waals surface area contributed by atoms with Gasteiger partial charge in [0.2, 0.25) is 0 Å². The maximum atomic E-state index is 12.6. The zero-order valence-electron chi connectivity index (χ0n) is 12.2. The van der Waals surface area contributed by atoms with Crippen LogP contribution in [-0.4, -0.2) is 36.4 Å². The number of likely N-dealkylation sites (tertiary alicyclic amines) is 1. The van der Waals surface area contributed by atoms with Crippen LogP contribution in [0.2, 0.25) is 0 Å². The number of nitrogens with two attached hydrogens (primary N) is 1. The number of carbonyl (C=O) groups is 1. The molecule has 0 radical (unpaired) electrons. The van der Waals surface area contributed by atoms with Crippen molar-refractivity contribution in [2.75, 3.05) is 13.1 Å². The molecule has 2 N–H and O–H groups in total. The summed E-state index contributed by atoms with van der Waals surface area (Å²) in [6, 6.07) is 4.73. The number of carbonyl (C=O) groups excluding carboxylic acids is 1. The molecule has 0 aliphatic carbocycles. The van der Waals surface area contributed by atoms with Gasteiger partial charge < -0.3 is 15.4 Å². The Morgan fingerprint density at radius 1 is 1.21 bits per heavy atom. The predicted octanol–water partition coefficient (Wildman–Crippen LogP) is 2.92. The Morgan fingerprint density at radius 3 is 2.46 bits per heavy atom. The summed E-state index contributed by atoms with van der Waals surface area (Å²) < 4.78 is 78.3. The monoisotopic (exact) mass is 356 g/mol. The lowest BCUT2D eigenvalue weighted by Crippen LogP contribution is -2.56. The van der Waals surface area contributed by atoms with Crippen LogP contribution >= 0.6 is 0 Å². The van der Waals surface area contributed by atoms with Gasteiger partial charge in [-0.2, -0.15) is 13.2 Å². The molecule has 1 atom stereocenters. The van der Waals surface area contributed by atoms with Crippen LogP contribution in [0.3, 0.4) is 0 Å². The number of amides is 1. The lowest BCUT2D eigenvalue weighted by Gasteiger charge is -2.40. The van der Waals surface area contributed by atoms with E-state index in [4.69, 9.17) is 5.73 Å². The van der Waals surface area contributed by atoms with Crippen LogP contribution in [0, 0.1) is 0 Å². The standard InChI is InChI=1S/C14H14F6N2O2/c15-13(16,17)11(23)22-6-2-5-12(21,8-22)9-3-1-4-10(7-9)24-14(18,19)20/h1,3-4,7H,2,5-6,8,21H2. The molecule has 2 rings (SSSR count). The number of hydrogen-bond acceptors (Lipinski definition) is 3. The number of halogens is 6. The van der Waals surface area contributed by atoms with E-state index in [2.05, 4.69) is 4.74 Å². The van der Waals surface area contributed by atoms with E-state index in [0.717, 1.165) is 12.1 Å². The van der Waals surface area contributed by atoms with Crippen molar-refractivity contribution >= 4 is 5.91 Å². The fraction of sp³-hybridized carbons (Fsp3) is 0.500. The van der Waals surface area contributed by atoms with E-state index < -0.39 is 36.3 Å². The predicted molar refractivity (Wildman–Crippen MR) is 70.9 cm³/mol. The molecule has 1 aliphatic rings. The molecule has 1 amide bonds. The first-order chi connectivity index (χ1) is 10.9. The average Bonchev–Trinajstić information content (AvgIpc) is 2.44. The number of piperidine rings is 1. The summed E-state index contributed by atoms with van der Waals surface area (Å²) in [7, 11) is 0. The average molecular weight is 356 g/mol. The summed E-state index contributed by atoms with van der Waals surface area (Å²) in [6.45, 7) is -0.559. The minimum atomic E-state index is -5.03. The van der Waals surface area contributed by atoms with Gasteiger partial charge in [-0.3, -0.25) is 4.79 Å². The van der Waals surface area contributed by atoms with Crippen molar-refractivity contribution in [3.8, 4) is 5.75 Å². The zero-order chi connectivity index (χ0) is 18.2. The van der Waals surface area contributed by atoms with Crippen molar-refractivity contribution < 1.29 is 35.9 Å². The molecule has 1 heterocycles. The van der Waals surface area contributed by atoms with Gasteiger partial charge in [0.1, 0.15) is 5.75 Å². The summed E-state index contributed by atoms with van der Waals surface area (Å²) in [5.41, 5.74) is 4.87. The second kappa shape index (κ2) is 6.15. The van der Waals surface area contributed by atoms with Crippen LogP contribution in [0.4, 0.5) is 26.3 Å². The van der Waals surface area contributed by atoms with E-state index in [-0.39, 0.29) is 24.9 Å². The summed E-state index contributed by atoms with van der Waals surface area (Å²) in [5, 5.41) is 0. The van der Waals surface area contributed by atoms with Gasteiger partial charge in [-0.1, -0.05) is 12.1 Å². The molecule has 1 fully saturated rings. The number of ether oxygens (including phenoxy) is 1. The Balaban J connectivity index is 2.24. The SMILES string of the molecule is NC1(c2cccc(OC(F)(F)F)c2)CCCN(C(=O)C(F)(F)F)C1. The van der Waals surface area contributed by atoms with E-state index in [0.29, 0.717) is 4.90 Å². The molecule has 0 aromatic heterocycles. The van der Waals surface area contributed by atoms with Gasteiger partial charge >= 0.3 is 18.4 Å². The van der Waals surface area contributed by atoms with Crippen molar-refractivity contribution in [2.45, 2.75) is 30.9 Å². The van der Waals surface area contributed by atoms with Crippen LogP contribution in [0.5, 0.6) is 5.75 Å². The zero-order valence-corrected chi connectivity index (χ0v) is 12.2. The smallest absolute Gasteiger partial charge is 0.406 e. The second-order valence-corrected chi connectivity index (χ2v) is 5.56. The molecule has 0 spiro atoms. The molecule has 1 unspecified atom stereocenters. The lowest BCUT2D eigenvalue weighted by molar-refractivity contribution is -0.274. The Kier molecular flexibility index (Phi) is 4.71. The van der Waals surface area contributed by atoms with Crippen LogP contribution in [-0.2, 0) is 10.3 Å². The van der Waals surface area contributed by atoms with Crippen LogP contribution in [0.1, 0.15) is 18.4 Å². The van der Waals surface area contributed by atoms with Crippen LogP contribution in [0.15, 0.2) is 24.3 Å². The Morgan fingerprint density at radius 2 is 1.88 bits per heavy atom. The molecule has 1 aromatic rings.